The standard InChI is InChI=1S/C19H36N4O.HI/c20-18(23-10-6-1-2-7-11-23)21-16-19(8-4-3-5-9-19)17-22-12-14-24-15-13-22;/h1-17H2,(H2,20,21);1H. The molecule has 25 heavy (non-hydrogen) atoms. The first-order valence-corrected chi connectivity index (χ1v) is 10.1. The molecule has 5 nitrogen and oxygen atoms in total. The van der Waals surface area contributed by atoms with Crippen LogP contribution in [0, 0.1) is 5.41 Å². The molecule has 0 amide bonds. The summed E-state index contributed by atoms with van der Waals surface area (Å²) in [4.78, 5) is 9.82. The molecule has 3 fully saturated rings. The Kier molecular flexibility index (Phi) is 9.27. The van der Waals surface area contributed by atoms with Gasteiger partial charge >= 0.3 is 0 Å². The summed E-state index contributed by atoms with van der Waals surface area (Å²) in [6.45, 7) is 8.18. The van der Waals surface area contributed by atoms with E-state index in [2.05, 4.69) is 9.80 Å². The van der Waals surface area contributed by atoms with Crippen molar-refractivity contribution in [1.29, 1.82) is 0 Å². The summed E-state index contributed by atoms with van der Waals surface area (Å²) in [6.07, 6.45) is 11.9. The highest BCUT2D eigenvalue weighted by atomic mass is 127. The van der Waals surface area contributed by atoms with Crippen molar-refractivity contribution in [3.63, 3.8) is 0 Å². The van der Waals surface area contributed by atoms with E-state index in [-0.39, 0.29) is 24.0 Å². The normalized spacial score (nSPS) is 25.9. The number of hydrogen-bond acceptors (Lipinski definition) is 3. The molecular formula is C19H37IN4O. The van der Waals surface area contributed by atoms with Crippen LogP contribution in [0.5, 0.6) is 0 Å². The van der Waals surface area contributed by atoms with Crippen molar-refractivity contribution in [3.8, 4) is 0 Å². The second-order valence-electron chi connectivity index (χ2n) is 8.02. The van der Waals surface area contributed by atoms with Crippen LogP contribution in [-0.2, 0) is 4.74 Å². The van der Waals surface area contributed by atoms with Gasteiger partial charge in [-0.05, 0) is 25.7 Å². The van der Waals surface area contributed by atoms with Crippen molar-refractivity contribution in [2.75, 3.05) is 52.5 Å². The molecule has 146 valence electrons. The minimum atomic E-state index is 0. The van der Waals surface area contributed by atoms with Crippen LogP contribution < -0.4 is 5.73 Å². The Morgan fingerprint density at radius 1 is 0.880 bits per heavy atom. The van der Waals surface area contributed by atoms with Gasteiger partial charge in [-0.15, -0.1) is 24.0 Å². The lowest BCUT2D eigenvalue weighted by molar-refractivity contribution is 0.00934. The summed E-state index contributed by atoms with van der Waals surface area (Å²) in [5.74, 6) is 0.795. The van der Waals surface area contributed by atoms with Crippen LogP contribution in [0.4, 0.5) is 0 Å². The first-order chi connectivity index (χ1) is 11.8. The Hall–Kier alpha value is -0.0800. The third-order valence-corrected chi connectivity index (χ3v) is 6.08. The summed E-state index contributed by atoms with van der Waals surface area (Å²) in [5, 5.41) is 0. The molecular weight excluding hydrogens is 427 g/mol. The highest BCUT2D eigenvalue weighted by molar-refractivity contribution is 14.0. The molecule has 6 heteroatoms. The van der Waals surface area contributed by atoms with Crippen LogP contribution in [0.3, 0.4) is 0 Å². The van der Waals surface area contributed by atoms with Crippen LogP contribution in [0.2, 0.25) is 0 Å². The maximum atomic E-state index is 6.37. The predicted molar refractivity (Wildman–Crippen MR) is 115 cm³/mol. The lowest BCUT2D eigenvalue weighted by atomic mass is 9.73. The summed E-state index contributed by atoms with van der Waals surface area (Å²) < 4.78 is 5.52. The van der Waals surface area contributed by atoms with Crippen molar-refractivity contribution >= 4 is 29.9 Å². The number of ether oxygens (including phenoxy) is 1. The van der Waals surface area contributed by atoms with E-state index in [0.29, 0.717) is 5.41 Å². The molecule has 0 spiro atoms. The van der Waals surface area contributed by atoms with E-state index in [1.165, 1.54) is 64.3 Å². The van der Waals surface area contributed by atoms with Crippen LogP contribution in [0.25, 0.3) is 0 Å². The van der Waals surface area contributed by atoms with Gasteiger partial charge in [-0.1, -0.05) is 32.1 Å². The van der Waals surface area contributed by atoms with E-state index in [4.69, 9.17) is 15.5 Å². The van der Waals surface area contributed by atoms with Crippen molar-refractivity contribution < 1.29 is 4.74 Å². The molecule has 2 aliphatic heterocycles. The van der Waals surface area contributed by atoms with Gasteiger partial charge in [0.1, 0.15) is 0 Å². The SMILES string of the molecule is I.NC(=NCC1(CN2CCOCC2)CCCCC1)N1CCCCCC1. The molecule has 0 aromatic carbocycles. The molecule has 3 rings (SSSR count). The smallest absolute Gasteiger partial charge is 0.191 e. The van der Waals surface area contributed by atoms with E-state index in [0.717, 1.165) is 51.9 Å². The maximum Gasteiger partial charge on any atom is 0.191 e. The number of guanidine groups is 1. The molecule has 3 aliphatic rings. The van der Waals surface area contributed by atoms with Gasteiger partial charge in [-0.25, -0.2) is 0 Å². The minimum Gasteiger partial charge on any atom is -0.379 e. The lowest BCUT2D eigenvalue weighted by Gasteiger charge is -2.41. The highest BCUT2D eigenvalue weighted by Crippen LogP contribution is 2.37. The Morgan fingerprint density at radius 3 is 2.12 bits per heavy atom. The first-order valence-electron chi connectivity index (χ1n) is 10.1. The van der Waals surface area contributed by atoms with Gasteiger partial charge in [0.05, 0.1) is 13.2 Å². The van der Waals surface area contributed by atoms with Gasteiger partial charge in [-0.2, -0.15) is 0 Å². The van der Waals surface area contributed by atoms with Crippen molar-refractivity contribution in [2.24, 2.45) is 16.1 Å². The highest BCUT2D eigenvalue weighted by Gasteiger charge is 2.34. The molecule has 2 N–H and O–H groups in total. The second kappa shape index (κ2) is 10.9. The van der Waals surface area contributed by atoms with E-state index in [1.54, 1.807) is 0 Å². The molecule has 0 aromatic rings. The van der Waals surface area contributed by atoms with Gasteiger partial charge in [0.25, 0.3) is 0 Å². The minimum absolute atomic E-state index is 0. The number of hydrogen-bond donors (Lipinski definition) is 1. The van der Waals surface area contributed by atoms with Gasteiger partial charge < -0.3 is 15.4 Å². The molecule has 0 unspecified atom stereocenters. The summed E-state index contributed by atoms with van der Waals surface area (Å²) in [5.41, 5.74) is 6.71. The predicted octanol–water partition coefficient (Wildman–Crippen LogP) is 3.08. The van der Waals surface area contributed by atoms with Crippen LogP contribution in [0.1, 0.15) is 57.8 Å². The summed E-state index contributed by atoms with van der Waals surface area (Å²) in [7, 11) is 0. The fourth-order valence-corrected chi connectivity index (χ4v) is 4.55. The monoisotopic (exact) mass is 464 g/mol. The van der Waals surface area contributed by atoms with E-state index < -0.39 is 0 Å². The Bertz CT molecular complexity index is 398. The Morgan fingerprint density at radius 2 is 1.48 bits per heavy atom. The number of likely N-dealkylation sites (tertiary alicyclic amines) is 1. The van der Waals surface area contributed by atoms with Crippen molar-refractivity contribution in [1.82, 2.24) is 9.80 Å². The first kappa shape index (κ1) is 21.2. The van der Waals surface area contributed by atoms with Gasteiger partial charge in [0, 0.05) is 44.7 Å². The topological polar surface area (TPSA) is 54.1 Å². The molecule has 2 heterocycles. The molecule has 1 aliphatic carbocycles. The Balaban J connectivity index is 0.00000225. The van der Waals surface area contributed by atoms with E-state index in [1.807, 2.05) is 0 Å². The Labute approximate surface area is 170 Å². The fraction of sp³-hybridized carbons (Fsp3) is 0.947. The van der Waals surface area contributed by atoms with Crippen LogP contribution >= 0.6 is 24.0 Å². The fourth-order valence-electron chi connectivity index (χ4n) is 4.55. The number of halogens is 1. The molecule has 2 saturated heterocycles. The summed E-state index contributed by atoms with van der Waals surface area (Å²) >= 11 is 0. The average Bonchev–Trinajstić information content (AvgIpc) is 2.91. The van der Waals surface area contributed by atoms with Gasteiger partial charge in [0.15, 0.2) is 5.96 Å². The molecule has 0 atom stereocenters. The maximum absolute atomic E-state index is 6.37. The zero-order valence-electron chi connectivity index (χ0n) is 15.8. The molecule has 0 bridgehead atoms. The molecule has 1 saturated carbocycles. The second-order valence-corrected chi connectivity index (χ2v) is 8.02. The molecule has 0 aromatic heterocycles. The number of rotatable bonds is 4. The van der Waals surface area contributed by atoms with Crippen LogP contribution in [-0.4, -0.2) is 68.2 Å². The van der Waals surface area contributed by atoms with E-state index >= 15 is 0 Å². The molecule has 0 radical (unpaired) electrons. The number of aliphatic imine (C=N–C) groups is 1. The zero-order valence-corrected chi connectivity index (χ0v) is 18.1. The van der Waals surface area contributed by atoms with Gasteiger partial charge in [0.2, 0.25) is 0 Å². The zero-order chi connectivity index (χ0) is 16.7. The number of morpholine rings is 1. The number of nitrogens with zero attached hydrogens (tertiary/aromatic N) is 3. The van der Waals surface area contributed by atoms with E-state index in [9.17, 15) is 0 Å². The quantitative estimate of drug-likeness (QED) is 0.395. The largest absolute Gasteiger partial charge is 0.379 e. The third-order valence-electron chi connectivity index (χ3n) is 6.08. The van der Waals surface area contributed by atoms with Crippen LogP contribution in [0.15, 0.2) is 4.99 Å². The van der Waals surface area contributed by atoms with Crippen molar-refractivity contribution in [3.05, 3.63) is 0 Å². The number of nitrogens with two attached hydrogens (primary N) is 1. The summed E-state index contributed by atoms with van der Waals surface area (Å²) in [6, 6.07) is 0. The lowest BCUT2D eigenvalue weighted by Crippen LogP contribution is -2.46. The van der Waals surface area contributed by atoms with Crippen molar-refractivity contribution in [2.45, 2.75) is 57.8 Å². The third kappa shape index (κ3) is 6.54. The average molecular weight is 464 g/mol. The van der Waals surface area contributed by atoms with Gasteiger partial charge in [-0.3, -0.25) is 9.89 Å².